The van der Waals surface area contributed by atoms with Gasteiger partial charge in [-0.15, -0.1) is 0 Å². The van der Waals surface area contributed by atoms with Crippen LogP contribution in [0.5, 0.6) is 0 Å². The highest BCUT2D eigenvalue weighted by Gasteiger charge is 2.09. The van der Waals surface area contributed by atoms with Crippen molar-refractivity contribution in [1.29, 1.82) is 0 Å². The van der Waals surface area contributed by atoms with E-state index in [9.17, 15) is 14.4 Å². The summed E-state index contributed by atoms with van der Waals surface area (Å²) in [5.41, 5.74) is 5.77. The van der Waals surface area contributed by atoms with Gasteiger partial charge >= 0.3 is 0 Å². The van der Waals surface area contributed by atoms with Crippen molar-refractivity contribution in [1.82, 2.24) is 21.5 Å². The number of hydrogen-bond donors (Lipinski definition) is 4. The molecule has 0 spiro atoms. The Morgan fingerprint density at radius 1 is 0.960 bits per heavy atom. The smallest absolute Gasteiger partial charge is 0.238 e. The number of hydrazine groups is 1. The topological polar surface area (TPSA) is 99.3 Å². The molecular formula is C17H24N4O3S. The van der Waals surface area contributed by atoms with Crippen LogP contribution in [0.15, 0.2) is 30.3 Å². The van der Waals surface area contributed by atoms with Gasteiger partial charge in [-0.05, 0) is 23.7 Å². The molecule has 0 saturated heterocycles. The third-order valence-electron chi connectivity index (χ3n) is 3.07. The zero-order chi connectivity index (χ0) is 18.7. The van der Waals surface area contributed by atoms with Crippen LogP contribution in [0, 0.1) is 5.92 Å². The van der Waals surface area contributed by atoms with Gasteiger partial charge in [0.05, 0.1) is 0 Å². The summed E-state index contributed by atoms with van der Waals surface area (Å²) in [6.07, 6.45) is 0.417. The van der Waals surface area contributed by atoms with Crippen LogP contribution in [-0.2, 0) is 20.9 Å². The average molecular weight is 364 g/mol. The molecule has 136 valence electrons. The lowest BCUT2D eigenvalue weighted by molar-refractivity contribution is -0.126. The normalized spacial score (nSPS) is 10.0. The standard InChI is InChI=1S/C17H24N4O3S/c1-12(2)10-16(24)19-17(25)21-20-15(23)9-8-14(22)18-11-13-6-4-3-5-7-13/h3-7,12H,8-11H2,1-2H3,(H,18,22)(H,20,23)(H2,19,21,24,25). The van der Waals surface area contributed by atoms with Crippen molar-refractivity contribution in [2.24, 2.45) is 5.92 Å². The van der Waals surface area contributed by atoms with Gasteiger partial charge in [-0.3, -0.25) is 25.2 Å². The van der Waals surface area contributed by atoms with Crippen molar-refractivity contribution < 1.29 is 14.4 Å². The van der Waals surface area contributed by atoms with E-state index < -0.39 is 5.91 Å². The fraction of sp³-hybridized carbons (Fsp3) is 0.412. The van der Waals surface area contributed by atoms with Crippen molar-refractivity contribution in [2.75, 3.05) is 0 Å². The Bertz CT molecular complexity index is 605. The molecule has 0 saturated carbocycles. The minimum atomic E-state index is -0.393. The molecule has 4 N–H and O–H groups in total. The molecule has 0 fully saturated rings. The van der Waals surface area contributed by atoms with E-state index >= 15 is 0 Å². The number of nitrogens with one attached hydrogen (secondary N) is 4. The summed E-state index contributed by atoms with van der Waals surface area (Å²) in [5.74, 6) is -0.615. The van der Waals surface area contributed by atoms with E-state index in [1.165, 1.54) is 0 Å². The summed E-state index contributed by atoms with van der Waals surface area (Å²) in [6, 6.07) is 9.50. The second-order valence-electron chi connectivity index (χ2n) is 5.91. The summed E-state index contributed by atoms with van der Waals surface area (Å²) in [6.45, 7) is 4.26. The minimum Gasteiger partial charge on any atom is -0.352 e. The lowest BCUT2D eigenvalue weighted by Gasteiger charge is -2.11. The maximum atomic E-state index is 11.7. The van der Waals surface area contributed by atoms with Gasteiger partial charge in [0.25, 0.3) is 0 Å². The molecule has 0 aliphatic rings. The lowest BCUT2D eigenvalue weighted by Crippen LogP contribution is -2.48. The Labute approximate surface area is 152 Å². The van der Waals surface area contributed by atoms with Crippen LogP contribution in [0.2, 0.25) is 0 Å². The van der Waals surface area contributed by atoms with Crippen LogP contribution in [0.1, 0.15) is 38.7 Å². The molecule has 0 aliphatic carbocycles. The quantitative estimate of drug-likeness (QED) is 0.430. The Morgan fingerprint density at radius 2 is 1.60 bits per heavy atom. The van der Waals surface area contributed by atoms with Gasteiger partial charge in [-0.2, -0.15) is 0 Å². The molecule has 0 heterocycles. The van der Waals surface area contributed by atoms with Crippen LogP contribution in [0.3, 0.4) is 0 Å². The fourth-order valence-electron chi connectivity index (χ4n) is 1.88. The zero-order valence-electron chi connectivity index (χ0n) is 14.4. The molecule has 0 bridgehead atoms. The average Bonchev–Trinajstić information content (AvgIpc) is 2.56. The molecule has 1 rings (SSSR count). The van der Waals surface area contributed by atoms with Gasteiger partial charge in [0.2, 0.25) is 17.7 Å². The van der Waals surface area contributed by atoms with Crippen LogP contribution in [0.25, 0.3) is 0 Å². The summed E-state index contributed by atoms with van der Waals surface area (Å²) in [4.78, 5) is 34.9. The fourth-order valence-corrected chi connectivity index (χ4v) is 2.05. The van der Waals surface area contributed by atoms with E-state index in [4.69, 9.17) is 12.2 Å². The first-order valence-corrected chi connectivity index (χ1v) is 8.47. The predicted octanol–water partition coefficient (Wildman–Crippen LogP) is 1.15. The van der Waals surface area contributed by atoms with Crippen LogP contribution in [-0.4, -0.2) is 22.8 Å². The van der Waals surface area contributed by atoms with Gasteiger partial charge in [0.15, 0.2) is 5.11 Å². The Morgan fingerprint density at radius 3 is 2.24 bits per heavy atom. The van der Waals surface area contributed by atoms with Gasteiger partial charge in [-0.25, -0.2) is 0 Å². The van der Waals surface area contributed by atoms with Crippen molar-refractivity contribution >= 4 is 35.1 Å². The second-order valence-corrected chi connectivity index (χ2v) is 6.32. The molecule has 25 heavy (non-hydrogen) atoms. The van der Waals surface area contributed by atoms with Crippen LogP contribution >= 0.6 is 12.2 Å². The number of benzene rings is 1. The molecule has 7 nitrogen and oxygen atoms in total. The van der Waals surface area contributed by atoms with Gasteiger partial charge in [0, 0.05) is 25.8 Å². The number of amides is 3. The minimum absolute atomic E-state index is 0.0101. The van der Waals surface area contributed by atoms with E-state index in [2.05, 4.69) is 21.5 Å². The highest BCUT2D eigenvalue weighted by atomic mass is 32.1. The molecule has 0 aromatic heterocycles. The maximum absolute atomic E-state index is 11.7. The largest absolute Gasteiger partial charge is 0.352 e. The molecule has 3 amide bonds. The molecule has 0 radical (unpaired) electrons. The maximum Gasteiger partial charge on any atom is 0.238 e. The van der Waals surface area contributed by atoms with E-state index in [0.717, 1.165) is 5.56 Å². The number of thiocarbonyl (C=S) groups is 1. The van der Waals surface area contributed by atoms with E-state index in [-0.39, 0.29) is 35.7 Å². The highest BCUT2D eigenvalue weighted by Crippen LogP contribution is 1.99. The number of carbonyl (C=O) groups is 3. The zero-order valence-corrected chi connectivity index (χ0v) is 15.2. The Balaban J connectivity index is 2.16. The first kappa shape index (κ1) is 20.6. The van der Waals surface area contributed by atoms with Gasteiger partial charge < -0.3 is 10.6 Å². The summed E-state index contributed by atoms with van der Waals surface area (Å²) < 4.78 is 0. The molecule has 0 unspecified atom stereocenters. The van der Waals surface area contributed by atoms with Crippen molar-refractivity contribution in [3.05, 3.63) is 35.9 Å². The highest BCUT2D eigenvalue weighted by molar-refractivity contribution is 7.80. The summed E-state index contributed by atoms with van der Waals surface area (Å²) in [5, 5.41) is 5.22. The number of rotatable bonds is 7. The van der Waals surface area contributed by atoms with Crippen molar-refractivity contribution in [2.45, 2.75) is 39.7 Å². The Hall–Kier alpha value is -2.48. The SMILES string of the molecule is CC(C)CC(=O)NC(=S)NNC(=O)CCC(=O)NCc1ccccc1. The van der Waals surface area contributed by atoms with E-state index in [1.54, 1.807) is 0 Å². The first-order chi connectivity index (χ1) is 11.9. The third-order valence-corrected chi connectivity index (χ3v) is 3.28. The van der Waals surface area contributed by atoms with Crippen molar-refractivity contribution in [3.8, 4) is 0 Å². The van der Waals surface area contributed by atoms with E-state index in [0.29, 0.717) is 13.0 Å². The molecular weight excluding hydrogens is 340 g/mol. The number of hydrogen-bond acceptors (Lipinski definition) is 4. The van der Waals surface area contributed by atoms with Crippen LogP contribution in [0.4, 0.5) is 0 Å². The summed E-state index contributed by atoms with van der Waals surface area (Å²) in [7, 11) is 0. The molecule has 1 aromatic carbocycles. The van der Waals surface area contributed by atoms with Gasteiger partial charge in [0.1, 0.15) is 0 Å². The van der Waals surface area contributed by atoms with Gasteiger partial charge in [-0.1, -0.05) is 44.2 Å². The predicted molar refractivity (Wildman–Crippen MR) is 99.0 cm³/mol. The second kappa shape index (κ2) is 11.1. The third kappa shape index (κ3) is 10.1. The lowest BCUT2D eigenvalue weighted by atomic mass is 10.1. The van der Waals surface area contributed by atoms with Crippen molar-refractivity contribution in [3.63, 3.8) is 0 Å². The summed E-state index contributed by atoms with van der Waals surface area (Å²) >= 11 is 4.90. The Kier molecular flexibility index (Phi) is 9.16. The van der Waals surface area contributed by atoms with E-state index in [1.807, 2.05) is 44.2 Å². The molecule has 0 atom stereocenters. The molecule has 0 aliphatic heterocycles. The van der Waals surface area contributed by atoms with Crippen LogP contribution < -0.4 is 21.5 Å². The molecule has 1 aromatic rings. The number of carbonyl (C=O) groups excluding carboxylic acids is 3. The first-order valence-electron chi connectivity index (χ1n) is 8.06. The molecule has 8 heteroatoms. The monoisotopic (exact) mass is 364 g/mol.